The van der Waals surface area contributed by atoms with E-state index in [1.54, 1.807) is 36.1 Å². The smallest absolute Gasteiger partial charge is 0.233 e. The second-order valence-electron chi connectivity index (χ2n) is 9.80. The third-order valence-electron chi connectivity index (χ3n) is 7.36. The van der Waals surface area contributed by atoms with E-state index in [9.17, 15) is 18.1 Å². The standard InChI is InChI=1S/C28H24FN7O2S/c1-34-31-18-27(33-34)39(37,38)35-12-11-28(19-35,15-20-5-3-2-4-6-20)25-13-22-17-32-36(26(22)14-21(25)16-30)24-9-7-23(29)8-10-24/h2-10,13-14,17-18H,11-12,15,19H2,1H3. The molecule has 11 heteroatoms. The first-order valence-corrected chi connectivity index (χ1v) is 13.8. The van der Waals surface area contributed by atoms with Gasteiger partial charge >= 0.3 is 0 Å². The fraction of sp³-hybridized carbons (Fsp3) is 0.214. The van der Waals surface area contributed by atoms with Crippen LogP contribution in [0, 0.1) is 17.1 Å². The van der Waals surface area contributed by atoms with Crippen molar-refractivity contribution in [1.82, 2.24) is 29.1 Å². The summed E-state index contributed by atoms with van der Waals surface area (Å²) in [5, 5.41) is 23.5. The van der Waals surface area contributed by atoms with Crippen LogP contribution in [-0.2, 0) is 28.9 Å². The molecule has 3 heterocycles. The van der Waals surface area contributed by atoms with Crippen molar-refractivity contribution in [3.8, 4) is 11.8 Å². The minimum Gasteiger partial charge on any atom is -0.233 e. The molecule has 5 aromatic rings. The molecule has 1 unspecified atom stereocenters. The van der Waals surface area contributed by atoms with Crippen molar-refractivity contribution >= 4 is 20.9 Å². The van der Waals surface area contributed by atoms with Crippen LogP contribution >= 0.6 is 0 Å². The molecule has 1 atom stereocenters. The van der Waals surface area contributed by atoms with Crippen molar-refractivity contribution in [2.24, 2.45) is 7.05 Å². The van der Waals surface area contributed by atoms with Gasteiger partial charge in [0.2, 0.25) is 5.03 Å². The highest BCUT2D eigenvalue weighted by Crippen LogP contribution is 2.42. The SMILES string of the molecule is Cn1ncc(S(=O)(=O)N2CCC(Cc3ccccc3)(c3cc4cnn(-c5ccc(F)cc5)c4cc3C#N)C2)n1. The van der Waals surface area contributed by atoms with Crippen molar-refractivity contribution in [2.45, 2.75) is 23.3 Å². The largest absolute Gasteiger partial charge is 0.264 e. The average Bonchev–Trinajstić information content (AvgIpc) is 3.68. The van der Waals surface area contributed by atoms with Gasteiger partial charge in [-0.3, -0.25) is 0 Å². The second-order valence-corrected chi connectivity index (χ2v) is 11.7. The summed E-state index contributed by atoms with van der Waals surface area (Å²) in [6.45, 7) is 0.469. The van der Waals surface area contributed by atoms with Crippen LogP contribution in [-0.4, -0.2) is 50.6 Å². The summed E-state index contributed by atoms with van der Waals surface area (Å²) in [6, 6.07) is 21.9. The number of hydrogen-bond acceptors (Lipinski definition) is 6. The van der Waals surface area contributed by atoms with Gasteiger partial charge in [-0.15, -0.1) is 5.10 Å². The molecule has 1 aliphatic heterocycles. The third kappa shape index (κ3) is 4.37. The Morgan fingerprint density at radius 1 is 1.05 bits per heavy atom. The quantitative estimate of drug-likeness (QED) is 0.324. The minimum atomic E-state index is -3.88. The summed E-state index contributed by atoms with van der Waals surface area (Å²) in [5.74, 6) is -0.347. The lowest BCUT2D eigenvalue weighted by Gasteiger charge is -2.31. The molecule has 196 valence electrons. The Bertz CT molecular complexity index is 1830. The van der Waals surface area contributed by atoms with E-state index in [2.05, 4.69) is 21.4 Å². The van der Waals surface area contributed by atoms with Gasteiger partial charge in [0.1, 0.15) is 5.82 Å². The second kappa shape index (κ2) is 9.41. The van der Waals surface area contributed by atoms with Gasteiger partial charge in [0.25, 0.3) is 10.0 Å². The Labute approximate surface area is 224 Å². The maximum Gasteiger partial charge on any atom is 0.264 e. The molecular weight excluding hydrogens is 517 g/mol. The molecule has 0 aliphatic carbocycles. The molecule has 9 nitrogen and oxygen atoms in total. The Morgan fingerprint density at radius 3 is 2.51 bits per heavy atom. The molecule has 0 N–H and O–H groups in total. The Hall–Kier alpha value is -4.40. The van der Waals surface area contributed by atoms with Crippen LogP contribution in [0.2, 0.25) is 0 Å². The molecule has 39 heavy (non-hydrogen) atoms. The van der Waals surface area contributed by atoms with Crippen molar-refractivity contribution in [3.05, 3.63) is 102 Å². The van der Waals surface area contributed by atoms with Gasteiger partial charge in [-0.2, -0.15) is 24.6 Å². The van der Waals surface area contributed by atoms with Crippen LogP contribution in [0.1, 0.15) is 23.1 Å². The number of benzene rings is 3. The lowest BCUT2D eigenvalue weighted by molar-refractivity contribution is 0.413. The van der Waals surface area contributed by atoms with Crippen molar-refractivity contribution in [1.29, 1.82) is 5.26 Å². The summed E-state index contributed by atoms with van der Waals surface area (Å²) in [5.41, 5.74) is 2.98. The normalized spacial score (nSPS) is 18.0. The molecule has 2 aromatic heterocycles. The minimum absolute atomic E-state index is 0.1000. The highest BCUT2D eigenvalue weighted by atomic mass is 32.2. The number of rotatable bonds is 6. The number of sulfonamides is 1. The number of hydrogen-bond donors (Lipinski definition) is 0. The van der Waals surface area contributed by atoms with Gasteiger partial charge in [0.15, 0.2) is 0 Å². The molecule has 0 radical (unpaired) electrons. The van der Waals surface area contributed by atoms with Gasteiger partial charge in [-0.05, 0) is 60.4 Å². The van der Waals surface area contributed by atoms with E-state index >= 15 is 0 Å². The third-order valence-corrected chi connectivity index (χ3v) is 9.06. The zero-order valence-corrected chi connectivity index (χ0v) is 21.9. The summed E-state index contributed by atoms with van der Waals surface area (Å²) >= 11 is 0. The highest BCUT2D eigenvalue weighted by molar-refractivity contribution is 7.89. The summed E-state index contributed by atoms with van der Waals surface area (Å²) in [6.07, 6.45) is 4.03. The Kier molecular flexibility index (Phi) is 6.01. The number of aromatic nitrogens is 5. The Balaban J connectivity index is 1.47. The molecule has 1 aliphatic rings. The van der Waals surface area contributed by atoms with Crippen LogP contribution < -0.4 is 0 Å². The van der Waals surface area contributed by atoms with Gasteiger partial charge < -0.3 is 0 Å². The lowest BCUT2D eigenvalue weighted by Crippen LogP contribution is -2.37. The molecular formula is C28H24FN7O2S. The summed E-state index contributed by atoms with van der Waals surface area (Å²) < 4.78 is 43.6. The monoisotopic (exact) mass is 541 g/mol. The van der Waals surface area contributed by atoms with Crippen molar-refractivity contribution in [3.63, 3.8) is 0 Å². The molecule has 1 fully saturated rings. The van der Waals surface area contributed by atoms with E-state index < -0.39 is 15.4 Å². The predicted molar refractivity (Wildman–Crippen MR) is 142 cm³/mol. The van der Waals surface area contributed by atoms with Crippen molar-refractivity contribution < 1.29 is 12.8 Å². The van der Waals surface area contributed by atoms with Gasteiger partial charge in [-0.1, -0.05) is 30.3 Å². The predicted octanol–water partition coefficient (Wildman–Crippen LogP) is 3.74. The molecule has 0 amide bonds. The summed E-state index contributed by atoms with van der Waals surface area (Å²) in [7, 11) is -2.31. The maximum absolute atomic E-state index is 13.5. The van der Waals surface area contributed by atoms with Gasteiger partial charge in [0, 0.05) is 30.9 Å². The van der Waals surface area contributed by atoms with Crippen molar-refractivity contribution in [2.75, 3.05) is 13.1 Å². The van der Waals surface area contributed by atoms with Crippen LogP contribution in [0.4, 0.5) is 4.39 Å². The fourth-order valence-corrected chi connectivity index (χ4v) is 6.87. The number of nitriles is 1. The first-order valence-electron chi connectivity index (χ1n) is 12.4. The fourth-order valence-electron chi connectivity index (χ4n) is 5.46. The molecule has 6 rings (SSSR count). The zero-order chi connectivity index (χ0) is 27.2. The summed E-state index contributed by atoms with van der Waals surface area (Å²) in [4.78, 5) is 1.22. The van der Waals surface area contributed by atoms with Crippen LogP contribution in [0.3, 0.4) is 0 Å². The maximum atomic E-state index is 13.5. The number of nitrogens with zero attached hydrogens (tertiary/aromatic N) is 7. The number of fused-ring (bicyclic) bond motifs is 1. The first-order chi connectivity index (χ1) is 18.8. The zero-order valence-electron chi connectivity index (χ0n) is 21.1. The van der Waals surface area contributed by atoms with E-state index in [1.165, 1.54) is 27.4 Å². The van der Waals surface area contributed by atoms with Crippen LogP contribution in [0.5, 0.6) is 0 Å². The van der Waals surface area contributed by atoms with Crippen LogP contribution in [0.15, 0.2) is 84.1 Å². The van der Waals surface area contributed by atoms with Gasteiger partial charge in [-0.25, -0.2) is 17.5 Å². The first kappa shape index (κ1) is 24.9. The molecule has 0 bridgehead atoms. The van der Waals surface area contributed by atoms with E-state index in [0.717, 1.165) is 16.5 Å². The van der Waals surface area contributed by atoms with E-state index in [-0.39, 0.29) is 23.9 Å². The number of aryl methyl sites for hydroxylation is 1. The van der Waals surface area contributed by atoms with Gasteiger partial charge in [0.05, 0.1) is 35.2 Å². The average molecular weight is 542 g/mol. The molecule has 0 spiro atoms. The van der Waals surface area contributed by atoms with E-state index in [4.69, 9.17) is 0 Å². The topological polar surface area (TPSA) is 110 Å². The Morgan fingerprint density at radius 2 is 1.82 bits per heavy atom. The van der Waals surface area contributed by atoms with Crippen LogP contribution in [0.25, 0.3) is 16.6 Å². The highest BCUT2D eigenvalue weighted by Gasteiger charge is 2.46. The molecule has 3 aromatic carbocycles. The number of halogens is 1. The van der Waals surface area contributed by atoms with E-state index in [1.807, 2.05) is 36.4 Å². The lowest BCUT2D eigenvalue weighted by atomic mass is 9.73. The molecule has 0 saturated carbocycles. The van der Waals surface area contributed by atoms with E-state index in [0.29, 0.717) is 29.6 Å². The molecule has 1 saturated heterocycles.